The van der Waals surface area contributed by atoms with Crippen molar-refractivity contribution in [3.63, 3.8) is 0 Å². The van der Waals surface area contributed by atoms with Gasteiger partial charge in [-0.2, -0.15) is 0 Å². The predicted octanol–water partition coefficient (Wildman–Crippen LogP) is 23.2. The lowest BCUT2D eigenvalue weighted by Crippen LogP contribution is -2.30. The molecule has 0 fully saturated rings. The average Bonchev–Trinajstić information content (AvgIpc) is 3.45. The minimum atomic E-state index is -0.787. The van der Waals surface area contributed by atoms with Crippen LogP contribution in [-0.4, -0.2) is 37.2 Å². The molecule has 0 amide bonds. The lowest BCUT2D eigenvalue weighted by atomic mass is 10.0. The Morgan fingerprint density at radius 3 is 0.797 bits per heavy atom. The third kappa shape index (κ3) is 65.0. The van der Waals surface area contributed by atoms with Gasteiger partial charge < -0.3 is 14.2 Å². The smallest absolute Gasteiger partial charge is 0.306 e. The number of unbranched alkanes of at least 4 members (excludes halogenated alkanes) is 34. The van der Waals surface area contributed by atoms with Gasteiger partial charge in [-0.3, -0.25) is 14.4 Å². The summed E-state index contributed by atoms with van der Waals surface area (Å²) in [6.45, 7) is 6.52. The topological polar surface area (TPSA) is 78.9 Å². The molecule has 0 radical (unpaired) electrons. The maximum Gasteiger partial charge on any atom is 0.306 e. The summed E-state index contributed by atoms with van der Waals surface area (Å²) in [5.41, 5.74) is 0. The van der Waals surface area contributed by atoms with Gasteiger partial charge in [-0.15, -0.1) is 0 Å². The maximum absolute atomic E-state index is 12.9. The summed E-state index contributed by atoms with van der Waals surface area (Å²) < 4.78 is 16.9. The first kappa shape index (κ1) is 75.3. The van der Waals surface area contributed by atoms with Gasteiger partial charge in [0.05, 0.1) is 0 Å². The second-order valence-corrected chi connectivity index (χ2v) is 22.3. The Kier molecular flexibility index (Phi) is 63.7. The summed E-state index contributed by atoms with van der Waals surface area (Å²) in [7, 11) is 0. The molecule has 0 spiro atoms. The summed E-state index contributed by atoms with van der Waals surface area (Å²) in [5, 5.41) is 0. The third-order valence-corrected chi connectivity index (χ3v) is 14.5. The molecule has 1 unspecified atom stereocenters. The average molecular weight is 1100 g/mol. The summed E-state index contributed by atoms with van der Waals surface area (Å²) >= 11 is 0. The molecule has 79 heavy (non-hydrogen) atoms. The molecule has 0 aliphatic rings. The Morgan fingerprint density at radius 1 is 0.266 bits per heavy atom. The monoisotopic (exact) mass is 1100 g/mol. The van der Waals surface area contributed by atoms with Crippen LogP contribution in [-0.2, 0) is 28.6 Å². The molecule has 0 heterocycles. The van der Waals surface area contributed by atoms with Gasteiger partial charge in [0.2, 0.25) is 0 Å². The third-order valence-electron chi connectivity index (χ3n) is 14.5. The van der Waals surface area contributed by atoms with E-state index in [1.54, 1.807) is 0 Å². The molecule has 0 N–H and O–H groups in total. The zero-order chi connectivity index (χ0) is 57.1. The summed E-state index contributed by atoms with van der Waals surface area (Å²) in [6, 6.07) is 0. The van der Waals surface area contributed by atoms with E-state index in [9.17, 15) is 14.4 Å². The van der Waals surface area contributed by atoms with Crippen molar-refractivity contribution < 1.29 is 28.6 Å². The lowest BCUT2D eigenvalue weighted by molar-refractivity contribution is -0.167. The molecule has 454 valence electrons. The molecule has 0 saturated carbocycles. The number of rotatable bonds is 61. The second-order valence-electron chi connectivity index (χ2n) is 22.3. The standard InChI is InChI=1S/C73H126O6/c1-4-7-10-13-16-19-22-25-27-29-31-33-35-36-38-39-41-43-45-48-51-54-57-60-63-66-72(75)78-69-70(68-77-71(74)65-62-59-56-53-50-47-24-21-18-15-12-9-6-3)79-73(76)67-64-61-58-55-52-49-46-44-42-40-37-34-32-30-28-26-23-20-17-14-11-8-5-2/h8,11,17,20-22,24-26,28-29,31-32,34-36,70H,4-7,9-10,12-16,18-19,23,27,30,33,37-69H2,1-3H3/b11-8-,20-17-,24-21-,25-22-,28-26-,31-29-,34-32-,36-35-. The summed E-state index contributed by atoms with van der Waals surface area (Å²) in [4.78, 5) is 38.4. The number of ether oxygens (including phenoxy) is 3. The van der Waals surface area contributed by atoms with Crippen LogP contribution in [0.3, 0.4) is 0 Å². The van der Waals surface area contributed by atoms with Gasteiger partial charge in [0.1, 0.15) is 13.2 Å². The van der Waals surface area contributed by atoms with Crippen LogP contribution in [0.25, 0.3) is 0 Å². The summed E-state index contributed by atoms with van der Waals surface area (Å²) in [5.74, 6) is -0.888. The van der Waals surface area contributed by atoms with Crippen LogP contribution >= 0.6 is 0 Å². The minimum Gasteiger partial charge on any atom is -0.462 e. The van der Waals surface area contributed by atoms with Crippen molar-refractivity contribution in [2.75, 3.05) is 13.2 Å². The van der Waals surface area contributed by atoms with E-state index in [4.69, 9.17) is 14.2 Å². The van der Waals surface area contributed by atoms with Crippen LogP contribution in [0.2, 0.25) is 0 Å². The second kappa shape index (κ2) is 66.8. The van der Waals surface area contributed by atoms with Crippen LogP contribution in [0.15, 0.2) is 97.2 Å². The van der Waals surface area contributed by atoms with Crippen molar-refractivity contribution >= 4 is 17.9 Å². The van der Waals surface area contributed by atoms with Gasteiger partial charge in [0.25, 0.3) is 0 Å². The molecule has 0 aromatic heterocycles. The van der Waals surface area contributed by atoms with Crippen LogP contribution in [0, 0.1) is 0 Å². The van der Waals surface area contributed by atoms with Crippen molar-refractivity contribution in [2.24, 2.45) is 0 Å². The van der Waals surface area contributed by atoms with E-state index in [-0.39, 0.29) is 31.1 Å². The van der Waals surface area contributed by atoms with Crippen LogP contribution in [0.1, 0.15) is 329 Å². The zero-order valence-electron chi connectivity index (χ0n) is 52.1. The van der Waals surface area contributed by atoms with Gasteiger partial charge in [0, 0.05) is 19.3 Å². The molecule has 6 heteroatoms. The fourth-order valence-electron chi connectivity index (χ4n) is 9.50. The first-order valence-electron chi connectivity index (χ1n) is 33.7. The van der Waals surface area contributed by atoms with Crippen molar-refractivity contribution in [2.45, 2.75) is 335 Å². The molecule has 0 aliphatic heterocycles. The largest absolute Gasteiger partial charge is 0.462 e. The molecular weight excluding hydrogens is 973 g/mol. The molecule has 0 aliphatic carbocycles. The Balaban J connectivity index is 4.32. The molecule has 0 rings (SSSR count). The van der Waals surface area contributed by atoms with Crippen LogP contribution in [0.5, 0.6) is 0 Å². The molecule has 0 saturated heterocycles. The van der Waals surface area contributed by atoms with E-state index in [1.165, 1.54) is 186 Å². The van der Waals surface area contributed by atoms with Crippen LogP contribution < -0.4 is 0 Å². The fraction of sp³-hybridized carbons (Fsp3) is 0.740. The number of hydrogen-bond donors (Lipinski definition) is 0. The maximum atomic E-state index is 12.9. The van der Waals surface area contributed by atoms with Crippen molar-refractivity contribution in [3.05, 3.63) is 97.2 Å². The van der Waals surface area contributed by atoms with E-state index >= 15 is 0 Å². The number of allylic oxidation sites excluding steroid dienone is 16. The van der Waals surface area contributed by atoms with Crippen molar-refractivity contribution in [1.82, 2.24) is 0 Å². The van der Waals surface area contributed by atoms with E-state index in [1.807, 2.05) is 0 Å². The van der Waals surface area contributed by atoms with E-state index in [0.29, 0.717) is 19.3 Å². The Labute approximate surface area is 489 Å². The van der Waals surface area contributed by atoms with Gasteiger partial charge in [-0.25, -0.2) is 0 Å². The molecule has 1 atom stereocenters. The SMILES string of the molecule is CC/C=C\C/C=C\C/C=C\C/C=C\CCCCCCCCCCCCC(=O)OC(COC(=O)CCCCCCC/C=C\CCCCCC)COC(=O)CCCCCCCCCCCC/C=C\C/C=C\C/C=C\CCCCCCC. The minimum absolute atomic E-state index is 0.0828. The quantitative estimate of drug-likeness (QED) is 0.0261. The van der Waals surface area contributed by atoms with E-state index < -0.39 is 6.10 Å². The van der Waals surface area contributed by atoms with E-state index in [2.05, 4.69) is 118 Å². The van der Waals surface area contributed by atoms with E-state index in [0.717, 1.165) is 103 Å². The summed E-state index contributed by atoms with van der Waals surface area (Å²) in [6.07, 6.45) is 89.9. The molecule has 0 bridgehead atoms. The number of carbonyl (C=O) groups is 3. The highest BCUT2D eigenvalue weighted by Crippen LogP contribution is 2.16. The highest BCUT2D eigenvalue weighted by Gasteiger charge is 2.19. The van der Waals surface area contributed by atoms with Crippen LogP contribution in [0.4, 0.5) is 0 Å². The zero-order valence-corrected chi connectivity index (χ0v) is 52.1. The Bertz CT molecular complexity index is 1540. The molecule has 0 aromatic rings. The van der Waals surface area contributed by atoms with Crippen molar-refractivity contribution in [1.29, 1.82) is 0 Å². The first-order valence-corrected chi connectivity index (χ1v) is 33.7. The molecular formula is C73H126O6. The number of hydrogen-bond acceptors (Lipinski definition) is 6. The Hall–Kier alpha value is -3.67. The van der Waals surface area contributed by atoms with Gasteiger partial charge in [-0.1, -0.05) is 285 Å². The van der Waals surface area contributed by atoms with Crippen molar-refractivity contribution in [3.8, 4) is 0 Å². The van der Waals surface area contributed by atoms with Gasteiger partial charge >= 0.3 is 17.9 Å². The molecule has 0 aromatic carbocycles. The number of carbonyl (C=O) groups excluding carboxylic acids is 3. The number of esters is 3. The van der Waals surface area contributed by atoms with Gasteiger partial charge in [0.15, 0.2) is 6.10 Å². The first-order chi connectivity index (χ1) is 39.0. The predicted molar refractivity (Wildman–Crippen MR) is 344 cm³/mol. The lowest BCUT2D eigenvalue weighted by Gasteiger charge is -2.18. The fourth-order valence-corrected chi connectivity index (χ4v) is 9.50. The van der Waals surface area contributed by atoms with Gasteiger partial charge in [-0.05, 0) is 122 Å². The highest BCUT2D eigenvalue weighted by atomic mass is 16.6. The molecule has 6 nitrogen and oxygen atoms in total. The Morgan fingerprint density at radius 2 is 0.494 bits per heavy atom. The highest BCUT2D eigenvalue weighted by molar-refractivity contribution is 5.71. The normalized spacial score (nSPS) is 12.7.